The van der Waals surface area contributed by atoms with Crippen LogP contribution in [0.25, 0.3) is 11.0 Å². The first-order valence-electron chi connectivity index (χ1n) is 6.79. The molecule has 5 heteroatoms. The van der Waals surface area contributed by atoms with Gasteiger partial charge in [0.05, 0.1) is 5.92 Å². The molecule has 4 nitrogen and oxygen atoms in total. The summed E-state index contributed by atoms with van der Waals surface area (Å²) in [6, 6.07) is 9.99. The van der Waals surface area contributed by atoms with Crippen molar-refractivity contribution in [3.05, 3.63) is 36.1 Å². The Morgan fingerprint density at radius 2 is 2.25 bits per heavy atom. The zero-order valence-corrected chi connectivity index (χ0v) is 12.0. The fourth-order valence-corrected chi connectivity index (χ4v) is 2.49. The Hall–Kier alpha value is -1.52. The van der Waals surface area contributed by atoms with Gasteiger partial charge < -0.3 is 15.1 Å². The third-order valence-electron chi connectivity index (χ3n) is 3.58. The zero-order valence-electron chi connectivity index (χ0n) is 11.2. The fraction of sp³-hybridized carbons (Fsp3) is 0.400. The van der Waals surface area contributed by atoms with Gasteiger partial charge in [-0.1, -0.05) is 18.2 Å². The molecule has 1 aromatic heterocycles. The summed E-state index contributed by atoms with van der Waals surface area (Å²) < 4.78 is 5.71. The van der Waals surface area contributed by atoms with Crippen LogP contribution in [0.5, 0.6) is 0 Å². The van der Waals surface area contributed by atoms with Gasteiger partial charge in [0.25, 0.3) is 0 Å². The number of amides is 1. The van der Waals surface area contributed by atoms with E-state index in [2.05, 4.69) is 10.6 Å². The molecule has 1 amide bonds. The van der Waals surface area contributed by atoms with Crippen molar-refractivity contribution in [2.24, 2.45) is 5.92 Å². The van der Waals surface area contributed by atoms with Gasteiger partial charge in [-0.25, -0.2) is 0 Å². The Balaban J connectivity index is 0.00000147. The molecule has 0 aliphatic carbocycles. The molecule has 20 heavy (non-hydrogen) atoms. The van der Waals surface area contributed by atoms with E-state index >= 15 is 0 Å². The van der Waals surface area contributed by atoms with Gasteiger partial charge in [0.15, 0.2) is 0 Å². The molecule has 1 aromatic carbocycles. The van der Waals surface area contributed by atoms with Crippen molar-refractivity contribution in [2.75, 3.05) is 19.6 Å². The Bertz CT molecular complexity index is 543. The van der Waals surface area contributed by atoms with Crippen LogP contribution in [-0.2, 0) is 11.2 Å². The number of fused-ring (bicyclic) bond motifs is 1. The predicted molar refractivity (Wildman–Crippen MR) is 81.2 cm³/mol. The van der Waals surface area contributed by atoms with Gasteiger partial charge in [-0.3, -0.25) is 4.79 Å². The van der Waals surface area contributed by atoms with Crippen molar-refractivity contribution in [3.63, 3.8) is 0 Å². The SMILES string of the molecule is Cl.O=C(NCCc1cc2ccccc2o1)C1CCNC1. The quantitative estimate of drug-likeness (QED) is 0.908. The standard InChI is InChI=1S/C15H18N2O2.ClH/c18-15(12-5-7-16-10-12)17-8-6-13-9-11-3-1-2-4-14(11)19-13;/h1-4,9,12,16H,5-8,10H2,(H,17,18);1H. The number of halogens is 1. The van der Waals surface area contributed by atoms with E-state index in [1.807, 2.05) is 30.3 Å². The summed E-state index contributed by atoms with van der Waals surface area (Å²) in [5, 5.41) is 7.29. The minimum absolute atomic E-state index is 0. The molecule has 1 fully saturated rings. The molecule has 1 saturated heterocycles. The van der Waals surface area contributed by atoms with E-state index in [-0.39, 0.29) is 24.2 Å². The number of carbonyl (C=O) groups is 1. The highest BCUT2D eigenvalue weighted by Gasteiger charge is 2.21. The first-order chi connectivity index (χ1) is 9.33. The average Bonchev–Trinajstić information content (AvgIpc) is 3.07. The lowest BCUT2D eigenvalue weighted by Crippen LogP contribution is -2.33. The van der Waals surface area contributed by atoms with Crippen molar-refractivity contribution in [1.82, 2.24) is 10.6 Å². The summed E-state index contributed by atoms with van der Waals surface area (Å²) in [6.45, 7) is 2.38. The van der Waals surface area contributed by atoms with Crippen LogP contribution in [0.4, 0.5) is 0 Å². The lowest BCUT2D eigenvalue weighted by molar-refractivity contribution is -0.124. The van der Waals surface area contributed by atoms with E-state index in [0.717, 1.165) is 42.7 Å². The fourth-order valence-electron chi connectivity index (χ4n) is 2.49. The van der Waals surface area contributed by atoms with Gasteiger partial charge in [-0.2, -0.15) is 0 Å². The Morgan fingerprint density at radius 3 is 3.00 bits per heavy atom. The van der Waals surface area contributed by atoms with Crippen LogP contribution in [0.15, 0.2) is 34.7 Å². The number of hydrogen-bond donors (Lipinski definition) is 2. The zero-order chi connectivity index (χ0) is 13.1. The smallest absolute Gasteiger partial charge is 0.224 e. The molecule has 0 saturated carbocycles. The van der Waals surface area contributed by atoms with Gasteiger partial charge in [-0.05, 0) is 25.1 Å². The molecular formula is C15H19ClN2O2. The third-order valence-corrected chi connectivity index (χ3v) is 3.58. The van der Waals surface area contributed by atoms with Crippen molar-refractivity contribution < 1.29 is 9.21 Å². The first-order valence-corrected chi connectivity index (χ1v) is 6.79. The molecule has 0 spiro atoms. The number of para-hydroxylation sites is 1. The topological polar surface area (TPSA) is 54.3 Å². The largest absolute Gasteiger partial charge is 0.461 e. The lowest BCUT2D eigenvalue weighted by Gasteiger charge is -2.08. The summed E-state index contributed by atoms with van der Waals surface area (Å²) in [4.78, 5) is 11.8. The molecule has 3 rings (SSSR count). The van der Waals surface area contributed by atoms with Crippen LogP contribution < -0.4 is 10.6 Å². The molecule has 1 unspecified atom stereocenters. The number of carbonyl (C=O) groups excluding carboxylic acids is 1. The van der Waals surface area contributed by atoms with E-state index in [4.69, 9.17) is 4.42 Å². The minimum atomic E-state index is 0. The summed E-state index contributed by atoms with van der Waals surface area (Å²) in [7, 11) is 0. The second-order valence-electron chi connectivity index (χ2n) is 4.98. The lowest BCUT2D eigenvalue weighted by atomic mass is 10.1. The predicted octanol–water partition coefficient (Wildman–Crippen LogP) is 2.12. The Kier molecular flexibility index (Phi) is 5.04. The number of furan rings is 1. The van der Waals surface area contributed by atoms with E-state index in [1.54, 1.807) is 0 Å². The maximum absolute atomic E-state index is 11.8. The summed E-state index contributed by atoms with van der Waals surface area (Å²) in [5.41, 5.74) is 0.906. The summed E-state index contributed by atoms with van der Waals surface area (Å²) >= 11 is 0. The van der Waals surface area contributed by atoms with Crippen LogP contribution in [0, 0.1) is 5.92 Å². The average molecular weight is 295 g/mol. The minimum Gasteiger partial charge on any atom is -0.461 e. The van der Waals surface area contributed by atoms with Crippen LogP contribution in [-0.4, -0.2) is 25.5 Å². The highest BCUT2D eigenvalue weighted by atomic mass is 35.5. The molecule has 2 N–H and O–H groups in total. The second kappa shape index (κ2) is 6.77. The van der Waals surface area contributed by atoms with Gasteiger partial charge in [0.1, 0.15) is 11.3 Å². The highest BCUT2D eigenvalue weighted by molar-refractivity contribution is 5.85. The molecule has 0 radical (unpaired) electrons. The maximum Gasteiger partial charge on any atom is 0.224 e. The first kappa shape index (κ1) is 14.9. The molecule has 2 heterocycles. The summed E-state index contributed by atoms with van der Waals surface area (Å²) in [6.07, 6.45) is 1.68. The number of benzene rings is 1. The van der Waals surface area contributed by atoms with Crippen molar-refractivity contribution >= 4 is 29.3 Å². The van der Waals surface area contributed by atoms with Gasteiger partial charge in [0.2, 0.25) is 5.91 Å². The number of nitrogens with one attached hydrogen (secondary N) is 2. The van der Waals surface area contributed by atoms with E-state index < -0.39 is 0 Å². The van der Waals surface area contributed by atoms with Gasteiger partial charge in [-0.15, -0.1) is 12.4 Å². The van der Waals surface area contributed by atoms with E-state index in [9.17, 15) is 4.79 Å². The molecule has 108 valence electrons. The van der Waals surface area contributed by atoms with Crippen LogP contribution in [0.2, 0.25) is 0 Å². The molecule has 0 bridgehead atoms. The molecule has 2 aromatic rings. The summed E-state index contributed by atoms with van der Waals surface area (Å²) in [5.74, 6) is 1.21. The van der Waals surface area contributed by atoms with Crippen molar-refractivity contribution in [3.8, 4) is 0 Å². The van der Waals surface area contributed by atoms with Gasteiger partial charge >= 0.3 is 0 Å². The normalized spacial score (nSPS) is 17.9. The Morgan fingerprint density at radius 1 is 1.40 bits per heavy atom. The van der Waals surface area contributed by atoms with E-state index in [1.165, 1.54) is 0 Å². The number of rotatable bonds is 4. The van der Waals surface area contributed by atoms with Crippen LogP contribution >= 0.6 is 12.4 Å². The molecule has 1 aliphatic rings. The van der Waals surface area contributed by atoms with Crippen LogP contribution in [0.1, 0.15) is 12.2 Å². The highest BCUT2D eigenvalue weighted by Crippen LogP contribution is 2.18. The maximum atomic E-state index is 11.8. The van der Waals surface area contributed by atoms with Crippen molar-refractivity contribution in [2.45, 2.75) is 12.8 Å². The van der Waals surface area contributed by atoms with Gasteiger partial charge in [0, 0.05) is 24.9 Å². The monoisotopic (exact) mass is 294 g/mol. The third kappa shape index (κ3) is 3.32. The number of hydrogen-bond acceptors (Lipinski definition) is 3. The molecular weight excluding hydrogens is 276 g/mol. The van der Waals surface area contributed by atoms with E-state index in [0.29, 0.717) is 6.54 Å². The van der Waals surface area contributed by atoms with Crippen molar-refractivity contribution in [1.29, 1.82) is 0 Å². The Labute approximate surface area is 124 Å². The second-order valence-corrected chi connectivity index (χ2v) is 4.98. The van der Waals surface area contributed by atoms with Crippen LogP contribution in [0.3, 0.4) is 0 Å². The molecule has 1 atom stereocenters. The molecule has 1 aliphatic heterocycles.